The molecule has 4 heteroatoms. The monoisotopic (exact) mass is 440 g/mol. The van der Waals surface area contributed by atoms with Gasteiger partial charge in [0.1, 0.15) is 17.2 Å². The number of carbonyl (C=O) groups excluding carboxylic acids is 1. The Morgan fingerprint density at radius 2 is 1.16 bits per heavy atom. The molecule has 1 aromatic carbocycles. The zero-order valence-corrected chi connectivity index (χ0v) is 20.8. The number of aromatic hydroxyl groups is 2. The fraction of sp³-hybridized carbons (Fsp3) is 0.464. The normalized spacial score (nSPS) is 11.8. The van der Waals surface area contributed by atoms with Gasteiger partial charge in [-0.3, -0.25) is 4.79 Å². The maximum absolute atomic E-state index is 11.8. The molecule has 0 atom stereocenters. The van der Waals surface area contributed by atoms with Crippen LogP contribution in [-0.2, 0) is 17.6 Å². The van der Waals surface area contributed by atoms with Crippen LogP contribution in [0.15, 0.2) is 52.7 Å². The van der Waals surface area contributed by atoms with Gasteiger partial charge < -0.3 is 14.9 Å². The Labute approximate surface area is 194 Å². The molecule has 1 rings (SSSR count). The van der Waals surface area contributed by atoms with Gasteiger partial charge in [0.15, 0.2) is 0 Å². The van der Waals surface area contributed by atoms with E-state index in [1.807, 2.05) is 12.2 Å². The first-order valence-corrected chi connectivity index (χ1v) is 11.3. The first-order valence-electron chi connectivity index (χ1n) is 11.3. The quantitative estimate of drug-likeness (QED) is 0.212. The predicted molar refractivity (Wildman–Crippen MR) is 133 cm³/mol. The molecule has 32 heavy (non-hydrogen) atoms. The molecule has 0 heterocycles. The zero-order valence-electron chi connectivity index (χ0n) is 20.8. The summed E-state index contributed by atoms with van der Waals surface area (Å²) < 4.78 is 5.49. The van der Waals surface area contributed by atoms with Crippen LogP contribution in [0, 0.1) is 0 Å². The van der Waals surface area contributed by atoms with Crippen LogP contribution < -0.4 is 4.74 Å². The van der Waals surface area contributed by atoms with Crippen molar-refractivity contribution in [3.8, 4) is 17.2 Å². The average Bonchev–Trinajstić information content (AvgIpc) is 2.66. The molecule has 1 aromatic rings. The molecule has 0 radical (unpaired) electrons. The van der Waals surface area contributed by atoms with Gasteiger partial charge in [-0.05, 0) is 80.1 Å². The van der Waals surface area contributed by atoms with Gasteiger partial charge >= 0.3 is 5.97 Å². The third kappa shape index (κ3) is 10.0. The Kier molecular flexibility index (Phi) is 11.6. The number of ether oxygens (including phenoxy) is 1. The Balaban J connectivity index is 3.19. The number of phenols is 2. The van der Waals surface area contributed by atoms with Gasteiger partial charge in [0.05, 0.1) is 0 Å². The summed E-state index contributed by atoms with van der Waals surface area (Å²) >= 11 is 0. The summed E-state index contributed by atoms with van der Waals surface area (Å²) in [4.78, 5) is 11.8. The number of allylic oxidation sites excluding steroid dienone is 8. The number of phenolic OH excluding ortho intramolecular Hbond substituents is 2. The Morgan fingerprint density at radius 3 is 1.50 bits per heavy atom. The van der Waals surface area contributed by atoms with Gasteiger partial charge in [0, 0.05) is 24.1 Å². The lowest BCUT2D eigenvalue weighted by Crippen LogP contribution is -2.07. The standard InChI is InChI=1S/C28H40O4/c1-19(2)10-8-12-21(5)14-16-24-26(30)18-27(31)25(28(24)32-23(7)29)17-15-22(6)13-9-11-20(3)4/h10-11,14-15,18,30-31H,8-9,12-13,16-17H2,1-7H3/b21-14+,22-15+. The second kappa shape index (κ2) is 13.6. The SMILES string of the molecule is CC(=O)Oc1c(C/C=C(\C)CCC=C(C)C)c(O)cc(O)c1C/C=C(\C)CCC=C(C)C. The Hall–Kier alpha value is -2.75. The molecular weight excluding hydrogens is 400 g/mol. The van der Waals surface area contributed by atoms with Crippen molar-refractivity contribution in [2.24, 2.45) is 0 Å². The maximum atomic E-state index is 11.8. The Bertz CT molecular complexity index is 842. The summed E-state index contributed by atoms with van der Waals surface area (Å²) in [6.07, 6.45) is 13.1. The van der Waals surface area contributed by atoms with E-state index in [1.54, 1.807) is 0 Å². The number of esters is 1. The van der Waals surface area contributed by atoms with Gasteiger partial charge in [-0.15, -0.1) is 0 Å². The molecule has 0 aromatic heterocycles. The van der Waals surface area contributed by atoms with Crippen molar-refractivity contribution < 1.29 is 19.7 Å². The first-order chi connectivity index (χ1) is 15.0. The minimum Gasteiger partial charge on any atom is -0.507 e. The highest BCUT2D eigenvalue weighted by Crippen LogP contribution is 2.40. The third-order valence-corrected chi connectivity index (χ3v) is 5.18. The van der Waals surface area contributed by atoms with E-state index in [4.69, 9.17) is 4.74 Å². The number of hydrogen-bond donors (Lipinski definition) is 2. The third-order valence-electron chi connectivity index (χ3n) is 5.18. The van der Waals surface area contributed by atoms with Crippen molar-refractivity contribution in [1.82, 2.24) is 0 Å². The summed E-state index contributed by atoms with van der Waals surface area (Å²) in [6.45, 7) is 13.8. The molecule has 0 amide bonds. The largest absolute Gasteiger partial charge is 0.507 e. The van der Waals surface area contributed by atoms with E-state index in [2.05, 4.69) is 53.7 Å². The average molecular weight is 441 g/mol. The van der Waals surface area contributed by atoms with Crippen molar-refractivity contribution in [3.05, 3.63) is 63.8 Å². The molecule has 0 saturated carbocycles. The molecule has 176 valence electrons. The van der Waals surface area contributed by atoms with Crippen molar-refractivity contribution >= 4 is 5.97 Å². The molecule has 0 saturated heterocycles. The van der Waals surface area contributed by atoms with E-state index >= 15 is 0 Å². The predicted octanol–water partition coefficient (Wildman–Crippen LogP) is 7.49. The van der Waals surface area contributed by atoms with E-state index in [0.29, 0.717) is 24.0 Å². The highest BCUT2D eigenvalue weighted by atomic mass is 16.5. The molecule has 2 N–H and O–H groups in total. The molecule has 0 aliphatic carbocycles. The fourth-order valence-corrected chi connectivity index (χ4v) is 3.31. The van der Waals surface area contributed by atoms with E-state index in [9.17, 15) is 15.0 Å². The van der Waals surface area contributed by atoms with Crippen molar-refractivity contribution in [3.63, 3.8) is 0 Å². The topological polar surface area (TPSA) is 66.8 Å². The van der Waals surface area contributed by atoms with Crippen molar-refractivity contribution in [1.29, 1.82) is 0 Å². The molecule has 4 nitrogen and oxygen atoms in total. The van der Waals surface area contributed by atoms with Gasteiger partial charge in [-0.1, -0.05) is 46.6 Å². The smallest absolute Gasteiger partial charge is 0.308 e. The molecule has 0 spiro atoms. The Morgan fingerprint density at radius 1 is 0.750 bits per heavy atom. The van der Waals surface area contributed by atoms with E-state index < -0.39 is 5.97 Å². The lowest BCUT2D eigenvalue weighted by atomic mass is 9.98. The van der Waals surface area contributed by atoms with Crippen LogP contribution in [0.5, 0.6) is 17.2 Å². The number of hydrogen-bond acceptors (Lipinski definition) is 4. The molecule has 0 bridgehead atoms. The second-order valence-corrected chi connectivity index (χ2v) is 8.94. The minimum atomic E-state index is -0.481. The second-order valence-electron chi connectivity index (χ2n) is 8.94. The van der Waals surface area contributed by atoms with Crippen LogP contribution in [0.1, 0.15) is 85.3 Å². The minimum absolute atomic E-state index is 0.0693. The summed E-state index contributed by atoms with van der Waals surface area (Å²) in [7, 11) is 0. The fourth-order valence-electron chi connectivity index (χ4n) is 3.31. The molecule has 0 fully saturated rings. The molecule has 0 aliphatic rings. The number of carbonyl (C=O) groups is 1. The molecular formula is C28H40O4. The molecule has 0 unspecified atom stereocenters. The van der Waals surface area contributed by atoms with Crippen LogP contribution in [0.4, 0.5) is 0 Å². The highest BCUT2D eigenvalue weighted by molar-refractivity contribution is 5.72. The van der Waals surface area contributed by atoms with Gasteiger partial charge in [0.25, 0.3) is 0 Å². The van der Waals surface area contributed by atoms with Gasteiger partial charge in [0.2, 0.25) is 0 Å². The number of rotatable bonds is 11. The van der Waals surface area contributed by atoms with Crippen LogP contribution in [0.2, 0.25) is 0 Å². The lowest BCUT2D eigenvalue weighted by molar-refractivity contribution is -0.132. The van der Waals surface area contributed by atoms with Crippen LogP contribution in [0.3, 0.4) is 0 Å². The highest BCUT2D eigenvalue weighted by Gasteiger charge is 2.19. The maximum Gasteiger partial charge on any atom is 0.308 e. The van der Waals surface area contributed by atoms with Gasteiger partial charge in [-0.2, -0.15) is 0 Å². The van der Waals surface area contributed by atoms with Crippen molar-refractivity contribution in [2.75, 3.05) is 0 Å². The van der Waals surface area contributed by atoms with Crippen LogP contribution in [0.25, 0.3) is 0 Å². The molecule has 0 aliphatic heterocycles. The lowest BCUT2D eigenvalue weighted by Gasteiger charge is -2.16. The summed E-state index contributed by atoms with van der Waals surface area (Å²) in [6, 6.07) is 1.34. The zero-order chi connectivity index (χ0) is 24.3. The van der Waals surface area contributed by atoms with E-state index in [-0.39, 0.29) is 17.2 Å². The van der Waals surface area contributed by atoms with Crippen molar-refractivity contribution in [2.45, 2.75) is 87.0 Å². The van der Waals surface area contributed by atoms with E-state index in [1.165, 1.54) is 35.3 Å². The van der Waals surface area contributed by atoms with Crippen LogP contribution in [-0.4, -0.2) is 16.2 Å². The first kappa shape index (κ1) is 27.3. The number of benzene rings is 1. The van der Waals surface area contributed by atoms with Gasteiger partial charge in [-0.25, -0.2) is 0 Å². The summed E-state index contributed by atoms with van der Waals surface area (Å²) in [5, 5.41) is 21.0. The summed E-state index contributed by atoms with van der Waals surface area (Å²) in [5.41, 5.74) is 6.01. The van der Waals surface area contributed by atoms with Crippen LogP contribution >= 0.6 is 0 Å². The summed E-state index contributed by atoms with van der Waals surface area (Å²) in [5.74, 6) is -0.358. The van der Waals surface area contributed by atoms with E-state index in [0.717, 1.165) is 25.7 Å².